The molecule has 2 heteroatoms. The van der Waals surface area contributed by atoms with Crippen LogP contribution in [-0.4, -0.2) is 5.11 Å². The highest BCUT2D eigenvalue weighted by Gasteiger charge is 2.06. The second-order valence-electron chi connectivity index (χ2n) is 4.56. The summed E-state index contributed by atoms with van der Waals surface area (Å²) in [7, 11) is 0. The number of hydrogen-bond acceptors (Lipinski definition) is 2. The number of para-hydroxylation sites is 1. The van der Waals surface area contributed by atoms with Crippen molar-refractivity contribution >= 4 is 0 Å². The van der Waals surface area contributed by atoms with Gasteiger partial charge in [-0.1, -0.05) is 44.2 Å². The maximum absolute atomic E-state index is 9.75. The molecule has 0 aromatic heterocycles. The van der Waals surface area contributed by atoms with Crippen molar-refractivity contribution in [2.75, 3.05) is 0 Å². The van der Waals surface area contributed by atoms with Gasteiger partial charge in [0.25, 0.3) is 0 Å². The molecule has 100 valence electrons. The summed E-state index contributed by atoms with van der Waals surface area (Å²) in [5.74, 6) is 1.70. The Balaban J connectivity index is 2.15. The molecule has 0 radical (unpaired) electrons. The van der Waals surface area contributed by atoms with Crippen LogP contribution >= 0.6 is 0 Å². The van der Waals surface area contributed by atoms with Gasteiger partial charge in [0.2, 0.25) is 0 Å². The maximum atomic E-state index is 9.75. The molecule has 0 aliphatic rings. The van der Waals surface area contributed by atoms with Crippen molar-refractivity contribution in [1.82, 2.24) is 0 Å². The summed E-state index contributed by atoms with van der Waals surface area (Å²) in [6.45, 7) is 4.08. The van der Waals surface area contributed by atoms with Crippen LogP contribution in [-0.2, 0) is 6.42 Å². The molecule has 0 bridgehead atoms. The molecular weight excluding hydrogens is 236 g/mol. The predicted molar refractivity (Wildman–Crippen MR) is 77.6 cm³/mol. The van der Waals surface area contributed by atoms with E-state index in [1.165, 1.54) is 5.56 Å². The van der Waals surface area contributed by atoms with E-state index in [0.29, 0.717) is 0 Å². The Labute approximate surface area is 114 Å². The second kappa shape index (κ2) is 6.39. The van der Waals surface area contributed by atoms with Crippen molar-refractivity contribution in [2.24, 2.45) is 0 Å². The van der Waals surface area contributed by atoms with Gasteiger partial charge in [0, 0.05) is 0 Å². The van der Waals surface area contributed by atoms with Crippen LogP contribution in [0.3, 0.4) is 0 Å². The van der Waals surface area contributed by atoms with Crippen molar-refractivity contribution in [3.63, 3.8) is 0 Å². The highest BCUT2D eigenvalue weighted by Crippen LogP contribution is 2.27. The first kappa shape index (κ1) is 13.6. The number of hydrogen-bond donors (Lipinski definition) is 1. The molecule has 0 saturated heterocycles. The zero-order chi connectivity index (χ0) is 13.7. The number of benzene rings is 2. The first-order valence-corrected chi connectivity index (χ1v) is 6.78. The number of ether oxygens (including phenoxy) is 1. The third-order valence-corrected chi connectivity index (χ3v) is 3.23. The topological polar surface area (TPSA) is 29.5 Å². The summed E-state index contributed by atoms with van der Waals surface area (Å²) in [4.78, 5) is 0. The Morgan fingerprint density at radius 3 is 2.32 bits per heavy atom. The van der Waals surface area contributed by atoms with E-state index < -0.39 is 6.10 Å². The molecule has 2 aromatic rings. The molecule has 1 N–H and O–H groups in total. The summed E-state index contributed by atoms with van der Waals surface area (Å²) in [6.07, 6.45) is 1.28. The molecule has 0 aliphatic heterocycles. The van der Waals surface area contributed by atoms with Gasteiger partial charge in [-0.05, 0) is 42.2 Å². The maximum Gasteiger partial charge on any atom is 0.130 e. The summed E-state index contributed by atoms with van der Waals surface area (Å²) in [5, 5.41) is 9.75. The lowest BCUT2D eigenvalue weighted by molar-refractivity contribution is 0.173. The lowest BCUT2D eigenvalue weighted by atomic mass is 10.1. The minimum absolute atomic E-state index is 0.392. The molecule has 0 aliphatic carbocycles. The molecule has 19 heavy (non-hydrogen) atoms. The summed E-state index contributed by atoms with van der Waals surface area (Å²) >= 11 is 0. The molecule has 1 unspecified atom stereocenters. The van der Waals surface area contributed by atoms with E-state index in [4.69, 9.17) is 4.74 Å². The molecule has 0 amide bonds. The highest BCUT2D eigenvalue weighted by atomic mass is 16.5. The lowest BCUT2D eigenvalue weighted by Crippen LogP contribution is -1.95. The van der Waals surface area contributed by atoms with Crippen LogP contribution < -0.4 is 4.74 Å². The van der Waals surface area contributed by atoms with Gasteiger partial charge in [-0.15, -0.1) is 0 Å². The summed E-state index contributed by atoms with van der Waals surface area (Å²) in [6, 6.07) is 15.7. The van der Waals surface area contributed by atoms with Crippen LogP contribution in [0.15, 0.2) is 48.5 Å². The van der Waals surface area contributed by atoms with Gasteiger partial charge in [-0.2, -0.15) is 0 Å². The lowest BCUT2D eigenvalue weighted by Gasteiger charge is -2.12. The second-order valence-corrected chi connectivity index (χ2v) is 4.56. The largest absolute Gasteiger partial charge is 0.457 e. The summed E-state index contributed by atoms with van der Waals surface area (Å²) < 4.78 is 5.89. The fourth-order valence-electron chi connectivity index (χ4n) is 2.02. The zero-order valence-corrected chi connectivity index (χ0v) is 11.5. The van der Waals surface area contributed by atoms with Gasteiger partial charge in [-0.3, -0.25) is 0 Å². The first-order chi connectivity index (χ1) is 9.24. The Kier molecular flexibility index (Phi) is 4.58. The SMILES string of the molecule is CCc1ccccc1Oc1ccc(C(O)CC)cc1. The standard InChI is InChI=1S/C17H20O2/c1-3-13-7-5-6-8-17(13)19-15-11-9-14(10-12-15)16(18)4-2/h5-12,16,18H,3-4H2,1-2H3. The van der Waals surface area contributed by atoms with E-state index in [1.807, 2.05) is 49.4 Å². The Bertz CT molecular complexity index is 517. The highest BCUT2D eigenvalue weighted by molar-refractivity contribution is 5.38. The molecule has 2 nitrogen and oxygen atoms in total. The van der Waals surface area contributed by atoms with Gasteiger partial charge >= 0.3 is 0 Å². The number of rotatable bonds is 5. The molecule has 0 fully saturated rings. The van der Waals surface area contributed by atoms with Crippen molar-refractivity contribution in [1.29, 1.82) is 0 Å². The van der Waals surface area contributed by atoms with Gasteiger partial charge in [0.1, 0.15) is 11.5 Å². The van der Waals surface area contributed by atoms with E-state index >= 15 is 0 Å². The molecule has 1 atom stereocenters. The molecular formula is C17H20O2. The molecule has 0 spiro atoms. The van der Waals surface area contributed by atoms with Crippen LogP contribution in [0.2, 0.25) is 0 Å². The molecule has 2 rings (SSSR count). The van der Waals surface area contributed by atoms with Crippen molar-refractivity contribution in [3.05, 3.63) is 59.7 Å². The van der Waals surface area contributed by atoms with E-state index in [0.717, 1.165) is 29.9 Å². The predicted octanol–water partition coefficient (Wildman–Crippen LogP) is 4.48. The van der Waals surface area contributed by atoms with Crippen LogP contribution in [0.25, 0.3) is 0 Å². The van der Waals surface area contributed by atoms with Crippen LogP contribution in [0.5, 0.6) is 11.5 Å². The molecule has 0 heterocycles. The molecule has 0 saturated carbocycles. The van der Waals surface area contributed by atoms with Gasteiger partial charge in [-0.25, -0.2) is 0 Å². The average Bonchev–Trinajstić information content (AvgIpc) is 2.48. The number of aliphatic hydroxyl groups excluding tert-OH is 1. The quantitative estimate of drug-likeness (QED) is 0.854. The minimum atomic E-state index is -0.392. The van der Waals surface area contributed by atoms with E-state index in [9.17, 15) is 5.11 Å². The van der Waals surface area contributed by atoms with Gasteiger partial charge < -0.3 is 9.84 Å². The average molecular weight is 256 g/mol. The van der Waals surface area contributed by atoms with Gasteiger partial charge in [0.05, 0.1) is 6.10 Å². The minimum Gasteiger partial charge on any atom is -0.457 e. The van der Waals surface area contributed by atoms with E-state index in [1.54, 1.807) is 0 Å². The zero-order valence-electron chi connectivity index (χ0n) is 11.5. The van der Waals surface area contributed by atoms with E-state index in [2.05, 4.69) is 13.0 Å². The third kappa shape index (κ3) is 3.36. The van der Waals surface area contributed by atoms with Crippen molar-refractivity contribution in [2.45, 2.75) is 32.8 Å². The monoisotopic (exact) mass is 256 g/mol. The number of aryl methyl sites for hydroxylation is 1. The Morgan fingerprint density at radius 1 is 1.00 bits per heavy atom. The van der Waals surface area contributed by atoms with Crippen molar-refractivity contribution < 1.29 is 9.84 Å². The van der Waals surface area contributed by atoms with Crippen LogP contribution in [0.4, 0.5) is 0 Å². The first-order valence-electron chi connectivity index (χ1n) is 6.78. The number of aliphatic hydroxyl groups is 1. The molecule has 2 aromatic carbocycles. The smallest absolute Gasteiger partial charge is 0.130 e. The van der Waals surface area contributed by atoms with Crippen LogP contribution in [0, 0.1) is 0 Å². The normalized spacial score (nSPS) is 12.2. The third-order valence-electron chi connectivity index (χ3n) is 3.23. The van der Waals surface area contributed by atoms with Crippen LogP contribution in [0.1, 0.15) is 37.5 Å². The van der Waals surface area contributed by atoms with Crippen molar-refractivity contribution in [3.8, 4) is 11.5 Å². The fourth-order valence-corrected chi connectivity index (χ4v) is 2.02. The fraction of sp³-hybridized carbons (Fsp3) is 0.294. The Morgan fingerprint density at radius 2 is 1.68 bits per heavy atom. The van der Waals surface area contributed by atoms with E-state index in [-0.39, 0.29) is 0 Å². The summed E-state index contributed by atoms with van der Waals surface area (Å²) in [5.41, 5.74) is 2.12. The Hall–Kier alpha value is -1.80. The van der Waals surface area contributed by atoms with Gasteiger partial charge in [0.15, 0.2) is 0 Å².